The molecule has 0 aliphatic carbocycles. The highest BCUT2D eigenvalue weighted by Gasteiger charge is 2.32. The van der Waals surface area contributed by atoms with Crippen molar-refractivity contribution in [2.45, 2.75) is 64.2 Å². The minimum Gasteiger partial charge on any atom is -0.353 e. The van der Waals surface area contributed by atoms with E-state index in [4.69, 9.17) is 0 Å². The normalized spacial score (nSPS) is 16.0. The van der Waals surface area contributed by atoms with E-state index in [0.29, 0.717) is 41.6 Å². The molecule has 1 aliphatic rings. The number of H-pyrrole nitrogens is 1. The van der Waals surface area contributed by atoms with Crippen LogP contribution in [0.5, 0.6) is 0 Å². The third-order valence-electron chi connectivity index (χ3n) is 5.59. The molecule has 1 aromatic heterocycles. The molecule has 0 atom stereocenters. The van der Waals surface area contributed by atoms with Gasteiger partial charge in [0.1, 0.15) is 10.6 Å². The fraction of sp³-hybridized carbons (Fsp3) is 0.500. The van der Waals surface area contributed by atoms with Crippen molar-refractivity contribution >= 4 is 21.6 Å². The topological polar surface area (TPSA) is 82.3 Å². The number of aromatic nitrogens is 1. The molecule has 1 aliphatic heterocycles. The van der Waals surface area contributed by atoms with E-state index >= 15 is 0 Å². The Morgan fingerprint density at radius 2 is 1.62 bits per heavy atom. The van der Waals surface area contributed by atoms with Gasteiger partial charge < -0.3 is 10.3 Å². The number of hydrogen-bond acceptors (Lipinski definition) is 3. The molecule has 1 amide bonds. The van der Waals surface area contributed by atoms with Crippen LogP contribution in [0, 0.1) is 13.8 Å². The van der Waals surface area contributed by atoms with Crippen molar-refractivity contribution in [3.63, 3.8) is 0 Å². The first-order chi connectivity index (χ1) is 13.7. The van der Waals surface area contributed by atoms with E-state index in [-0.39, 0.29) is 10.8 Å². The van der Waals surface area contributed by atoms with Crippen molar-refractivity contribution in [2.75, 3.05) is 18.4 Å². The van der Waals surface area contributed by atoms with Gasteiger partial charge in [-0.2, -0.15) is 4.31 Å². The number of rotatable bonds is 5. The number of amides is 1. The second kappa shape index (κ2) is 8.71. The Hall–Kier alpha value is -2.12. The lowest BCUT2D eigenvalue weighted by molar-refractivity contribution is 0.102. The minimum absolute atomic E-state index is 0.236. The zero-order valence-electron chi connectivity index (χ0n) is 17.7. The summed E-state index contributed by atoms with van der Waals surface area (Å²) in [5.41, 5.74) is 3.16. The standard InChI is InChI=1S/C22H31N3O3S/c1-15(2)18-9-11-19(12-10-18)24-22(26)20-16(3)21(17(4)23-20)29(27,28)25-13-7-5-6-8-14-25/h9-12,15,23H,5-8,13-14H2,1-4H3,(H,24,26). The molecular formula is C22H31N3O3S. The van der Waals surface area contributed by atoms with E-state index in [9.17, 15) is 13.2 Å². The maximum Gasteiger partial charge on any atom is 0.272 e. The molecule has 2 heterocycles. The maximum absolute atomic E-state index is 13.3. The van der Waals surface area contributed by atoms with Crippen LogP contribution in [0.25, 0.3) is 0 Å². The lowest BCUT2D eigenvalue weighted by Crippen LogP contribution is -2.32. The monoisotopic (exact) mass is 417 g/mol. The van der Waals surface area contributed by atoms with Gasteiger partial charge in [0, 0.05) is 24.5 Å². The summed E-state index contributed by atoms with van der Waals surface area (Å²) in [6, 6.07) is 7.71. The smallest absolute Gasteiger partial charge is 0.272 e. The van der Waals surface area contributed by atoms with Crippen LogP contribution < -0.4 is 5.32 Å². The largest absolute Gasteiger partial charge is 0.353 e. The van der Waals surface area contributed by atoms with Gasteiger partial charge in [0.15, 0.2) is 0 Å². The fourth-order valence-corrected chi connectivity index (χ4v) is 5.83. The van der Waals surface area contributed by atoms with E-state index in [1.165, 1.54) is 5.56 Å². The lowest BCUT2D eigenvalue weighted by Gasteiger charge is -2.20. The minimum atomic E-state index is -3.63. The Labute approximate surface area is 173 Å². The summed E-state index contributed by atoms with van der Waals surface area (Å²) in [6.07, 6.45) is 3.86. The van der Waals surface area contributed by atoms with Crippen molar-refractivity contribution in [3.8, 4) is 0 Å². The molecule has 2 aromatic rings. The molecule has 1 aromatic carbocycles. The summed E-state index contributed by atoms with van der Waals surface area (Å²) in [6.45, 7) is 8.72. The van der Waals surface area contributed by atoms with E-state index in [1.807, 2.05) is 24.3 Å². The Bertz CT molecular complexity index is 967. The molecular weight excluding hydrogens is 386 g/mol. The number of sulfonamides is 1. The summed E-state index contributed by atoms with van der Waals surface area (Å²) in [5, 5.41) is 2.87. The lowest BCUT2D eigenvalue weighted by atomic mass is 10.0. The maximum atomic E-state index is 13.3. The van der Waals surface area contributed by atoms with Crippen LogP contribution >= 0.6 is 0 Å². The number of aromatic amines is 1. The average molecular weight is 418 g/mol. The molecule has 0 radical (unpaired) electrons. The number of anilines is 1. The van der Waals surface area contributed by atoms with Gasteiger partial charge >= 0.3 is 0 Å². The van der Waals surface area contributed by atoms with E-state index < -0.39 is 10.0 Å². The van der Waals surface area contributed by atoms with Crippen molar-refractivity contribution in [3.05, 3.63) is 46.8 Å². The molecule has 2 N–H and O–H groups in total. The number of hydrogen-bond donors (Lipinski definition) is 2. The number of benzene rings is 1. The zero-order chi connectivity index (χ0) is 21.2. The van der Waals surface area contributed by atoms with Crippen molar-refractivity contribution in [1.29, 1.82) is 0 Å². The Morgan fingerprint density at radius 1 is 1.03 bits per heavy atom. The second-order valence-corrected chi connectivity index (χ2v) is 10.0. The van der Waals surface area contributed by atoms with Crippen LogP contribution in [0.15, 0.2) is 29.2 Å². The van der Waals surface area contributed by atoms with Gasteiger partial charge in [-0.1, -0.05) is 38.8 Å². The molecule has 1 fully saturated rings. The summed E-state index contributed by atoms with van der Waals surface area (Å²) in [5.74, 6) is 0.0834. The predicted octanol–water partition coefficient (Wildman–Crippen LogP) is 4.57. The first-order valence-electron chi connectivity index (χ1n) is 10.3. The molecule has 3 rings (SSSR count). The Kier molecular flexibility index (Phi) is 6.49. The van der Waals surface area contributed by atoms with Gasteiger partial charge in [-0.05, 0) is 55.9 Å². The van der Waals surface area contributed by atoms with Gasteiger partial charge in [-0.25, -0.2) is 8.42 Å². The first-order valence-corrected chi connectivity index (χ1v) is 11.8. The fourth-order valence-electron chi connectivity index (χ4n) is 3.90. The molecule has 0 spiro atoms. The average Bonchev–Trinajstić information content (AvgIpc) is 2.85. The quantitative estimate of drug-likeness (QED) is 0.747. The van der Waals surface area contributed by atoms with Crippen molar-refractivity contribution < 1.29 is 13.2 Å². The van der Waals surface area contributed by atoms with Gasteiger partial charge in [-0.15, -0.1) is 0 Å². The third-order valence-corrected chi connectivity index (χ3v) is 7.77. The summed E-state index contributed by atoms with van der Waals surface area (Å²) >= 11 is 0. The van der Waals surface area contributed by atoms with E-state index in [2.05, 4.69) is 24.1 Å². The number of nitrogens with zero attached hydrogens (tertiary/aromatic N) is 1. The highest BCUT2D eigenvalue weighted by Crippen LogP contribution is 2.28. The third kappa shape index (κ3) is 4.56. The van der Waals surface area contributed by atoms with Gasteiger partial charge in [0.2, 0.25) is 10.0 Å². The van der Waals surface area contributed by atoms with Crippen molar-refractivity contribution in [1.82, 2.24) is 9.29 Å². The van der Waals surface area contributed by atoms with Crippen molar-refractivity contribution in [2.24, 2.45) is 0 Å². The molecule has 158 valence electrons. The van der Waals surface area contributed by atoms with Crippen LogP contribution in [0.1, 0.15) is 72.8 Å². The molecule has 29 heavy (non-hydrogen) atoms. The highest BCUT2D eigenvalue weighted by atomic mass is 32.2. The SMILES string of the molecule is Cc1[nH]c(C(=O)Nc2ccc(C(C)C)cc2)c(C)c1S(=O)(=O)N1CCCCCC1. The number of nitrogens with one attached hydrogen (secondary N) is 2. The molecule has 1 saturated heterocycles. The molecule has 0 unspecified atom stereocenters. The van der Waals surface area contributed by atoms with Crippen LogP contribution in [0.3, 0.4) is 0 Å². The Balaban J connectivity index is 1.85. The highest BCUT2D eigenvalue weighted by molar-refractivity contribution is 7.89. The van der Waals surface area contributed by atoms with Crippen LogP contribution in [-0.2, 0) is 10.0 Å². The Morgan fingerprint density at radius 3 is 2.17 bits per heavy atom. The second-order valence-electron chi connectivity index (χ2n) is 8.13. The van der Waals surface area contributed by atoms with Crippen LogP contribution in [-0.4, -0.2) is 36.7 Å². The predicted molar refractivity (Wildman–Crippen MR) is 116 cm³/mol. The summed E-state index contributed by atoms with van der Waals surface area (Å²) < 4.78 is 28.1. The molecule has 7 heteroatoms. The van der Waals surface area contributed by atoms with Gasteiger partial charge in [-0.3, -0.25) is 4.79 Å². The van der Waals surface area contributed by atoms with Gasteiger partial charge in [0.05, 0.1) is 0 Å². The van der Waals surface area contributed by atoms with E-state index in [0.717, 1.165) is 25.7 Å². The molecule has 0 saturated carbocycles. The van der Waals surface area contributed by atoms with Crippen LogP contribution in [0.2, 0.25) is 0 Å². The van der Waals surface area contributed by atoms with E-state index in [1.54, 1.807) is 18.2 Å². The summed E-state index contributed by atoms with van der Waals surface area (Å²) in [4.78, 5) is 16.1. The zero-order valence-corrected chi connectivity index (χ0v) is 18.5. The molecule has 6 nitrogen and oxygen atoms in total. The number of aryl methyl sites for hydroxylation is 1. The number of carbonyl (C=O) groups excluding carboxylic acids is 1. The first kappa shape index (κ1) is 21.6. The van der Waals surface area contributed by atoms with Gasteiger partial charge in [0.25, 0.3) is 5.91 Å². The molecule has 0 bridgehead atoms. The summed E-state index contributed by atoms with van der Waals surface area (Å²) in [7, 11) is -3.63. The number of carbonyl (C=O) groups is 1. The van der Waals surface area contributed by atoms with Crippen LogP contribution in [0.4, 0.5) is 5.69 Å².